The van der Waals surface area contributed by atoms with E-state index in [1.807, 2.05) is 12.5 Å². The molecular formula is C12H17N5O. The van der Waals surface area contributed by atoms with Gasteiger partial charge in [0.15, 0.2) is 6.33 Å². The number of imidazole rings is 1. The van der Waals surface area contributed by atoms with Crippen LogP contribution in [0.4, 0.5) is 0 Å². The fourth-order valence-electron chi connectivity index (χ4n) is 2.56. The maximum atomic E-state index is 5.02. The summed E-state index contributed by atoms with van der Waals surface area (Å²) >= 11 is 0. The number of hydrogen-bond acceptors (Lipinski definition) is 5. The first-order valence-corrected chi connectivity index (χ1v) is 6.25. The van der Waals surface area contributed by atoms with Crippen molar-refractivity contribution in [2.24, 2.45) is 0 Å². The summed E-state index contributed by atoms with van der Waals surface area (Å²) in [5, 5.41) is 7.03. The third-order valence-corrected chi connectivity index (χ3v) is 3.67. The minimum atomic E-state index is 0.186. The summed E-state index contributed by atoms with van der Waals surface area (Å²) in [7, 11) is 0. The number of rotatable bonds is 4. The zero-order valence-corrected chi connectivity index (χ0v) is 10.5. The van der Waals surface area contributed by atoms with Gasteiger partial charge in [-0.3, -0.25) is 0 Å². The van der Waals surface area contributed by atoms with E-state index >= 15 is 0 Å². The highest BCUT2D eigenvalue weighted by Crippen LogP contribution is 2.29. The Balaban J connectivity index is 1.75. The van der Waals surface area contributed by atoms with Crippen LogP contribution in [0.2, 0.25) is 0 Å². The molecule has 96 valence electrons. The lowest BCUT2D eigenvalue weighted by atomic mass is 9.86. The molecule has 0 radical (unpaired) electrons. The molecule has 0 spiro atoms. The van der Waals surface area contributed by atoms with Gasteiger partial charge < -0.3 is 14.4 Å². The smallest absolute Gasteiger partial charge is 0.228 e. The maximum Gasteiger partial charge on any atom is 0.228 e. The van der Waals surface area contributed by atoms with Crippen LogP contribution in [0.25, 0.3) is 0 Å². The van der Waals surface area contributed by atoms with Crippen molar-refractivity contribution in [1.82, 2.24) is 25.0 Å². The summed E-state index contributed by atoms with van der Waals surface area (Å²) < 4.78 is 7.21. The van der Waals surface area contributed by atoms with Gasteiger partial charge in [0, 0.05) is 36.8 Å². The molecule has 6 nitrogen and oxygen atoms in total. The van der Waals surface area contributed by atoms with Crippen LogP contribution >= 0.6 is 0 Å². The molecule has 3 rings (SSSR count). The highest BCUT2D eigenvalue weighted by Gasteiger charge is 2.33. The third kappa shape index (κ3) is 2.03. The van der Waals surface area contributed by atoms with Crippen molar-refractivity contribution in [3.63, 3.8) is 0 Å². The molecule has 3 heterocycles. The molecule has 18 heavy (non-hydrogen) atoms. The Morgan fingerprint density at radius 1 is 1.56 bits per heavy atom. The van der Waals surface area contributed by atoms with Gasteiger partial charge in [0.25, 0.3) is 0 Å². The van der Waals surface area contributed by atoms with E-state index < -0.39 is 0 Å². The number of nitrogens with zero attached hydrogens (tertiary/aromatic N) is 4. The second kappa shape index (κ2) is 4.53. The first kappa shape index (κ1) is 11.4. The normalized spacial score (nSPS) is 23.6. The van der Waals surface area contributed by atoms with Gasteiger partial charge in [-0.25, -0.2) is 4.98 Å². The molecule has 0 bridgehead atoms. The van der Waals surface area contributed by atoms with E-state index in [0.29, 0.717) is 5.89 Å². The molecule has 1 saturated heterocycles. The lowest BCUT2D eigenvalue weighted by Crippen LogP contribution is -2.28. The minimum Gasteiger partial charge on any atom is -0.340 e. The van der Waals surface area contributed by atoms with Gasteiger partial charge in [0.2, 0.25) is 5.89 Å². The molecule has 0 amide bonds. The van der Waals surface area contributed by atoms with E-state index in [1.165, 1.54) is 12.0 Å². The lowest BCUT2D eigenvalue weighted by Gasteiger charge is -2.24. The first-order chi connectivity index (χ1) is 8.78. The average molecular weight is 247 g/mol. The van der Waals surface area contributed by atoms with Crippen LogP contribution in [-0.4, -0.2) is 32.8 Å². The van der Waals surface area contributed by atoms with Gasteiger partial charge in [0.05, 0.1) is 6.33 Å². The fraction of sp³-hybridized carbons (Fsp3) is 0.583. The van der Waals surface area contributed by atoms with Crippen LogP contribution in [-0.2, 0) is 18.4 Å². The van der Waals surface area contributed by atoms with Crippen LogP contribution in [0.15, 0.2) is 23.4 Å². The molecule has 1 N–H and O–H groups in total. The van der Waals surface area contributed by atoms with E-state index in [-0.39, 0.29) is 5.41 Å². The molecule has 1 unspecified atom stereocenters. The molecule has 2 aromatic rings. The molecular weight excluding hydrogens is 230 g/mol. The number of aryl methyl sites for hydroxylation is 2. The van der Waals surface area contributed by atoms with Gasteiger partial charge >= 0.3 is 0 Å². The van der Waals surface area contributed by atoms with Crippen molar-refractivity contribution in [2.45, 2.75) is 31.7 Å². The van der Waals surface area contributed by atoms with E-state index in [9.17, 15) is 0 Å². The van der Waals surface area contributed by atoms with E-state index in [0.717, 1.165) is 32.5 Å². The molecule has 6 heteroatoms. The van der Waals surface area contributed by atoms with Gasteiger partial charge in [0.1, 0.15) is 0 Å². The second-order valence-corrected chi connectivity index (χ2v) is 5.04. The summed E-state index contributed by atoms with van der Waals surface area (Å²) in [5.74, 6) is 0.671. The monoisotopic (exact) mass is 247 g/mol. The average Bonchev–Trinajstić information content (AvgIpc) is 3.08. The SMILES string of the molecule is CC1(c2cncn2CCc2ncno2)CCNC1. The van der Waals surface area contributed by atoms with Crippen molar-refractivity contribution >= 4 is 0 Å². The summed E-state index contributed by atoms with van der Waals surface area (Å²) in [6, 6.07) is 0. The van der Waals surface area contributed by atoms with E-state index in [4.69, 9.17) is 4.52 Å². The fourth-order valence-corrected chi connectivity index (χ4v) is 2.56. The Labute approximate surface area is 105 Å². The van der Waals surface area contributed by atoms with E-state index in [2.05, 4.69) is 31.9 Å². The Bertz CT molecular complexity index is 498. The van der Waals surface area contributed by atoms with Crippen LogP contribution in [0.5, 0.6) is 0 Å². The Morgan fingerprint density at radius 2 is 2.50 bits per heavy atom. The summed E-state index contributed by atoms with van der Waals surface area (Å²) in [4.78, 5) is 8.32. The third-order valence-electron chi connectivity index (χ3n) is 3.67. The van der Waals surface area contributed by atoms with Crippen molar-refractivity contribution in [3.05, 3.63) is 30.4 Å². The summed E-state index contributed by atoms with van der Waals surface area (Å²) in [6.45, 7) is 5.20. The van der Waals surface area contributed by atoms with Crippen LogP contribution in [0.3, 0.4) is 0 Å². The molecule has 1 atom stereocenters. The first-order valence-electron chi connectivity index (χ1n) is 6.25. The summed E-state index contributed by atoms with van der Waals surface area (Å²) in [5.41, 5.74) is 1.47. The van der Waals surface area contributed by atoms with Crippen molar-refractivity contribution in [1.29, 1.82) is 0 Å². The molecule has 0 aromatic carbocycles. The highest BCUT2D eigenvalue weighted by atomic mass is 16.5. The number of nitrogens with one attached hydrogen (secondary N) is 1. The number of aromatic nitrogens is 4. The second-order valence-electron chi connectivity index (χ2n) is 5.04. The standard InChI is InChI=1S/C12H17N5O/c1-12(3-4-13-7-12)10-6-14-9-17(10)5-2-11-15-8-16-18-11/h6,8-9,13H,2-5,7H2,1H3. The van der Waals surface area contributed by atoms with Gasteiger partial charge in [-0.15, -0.1) is 0 Å². The van der Waals surface area contributed by atoms with Gasteiger partial charge in [-0.2, -0.15) is 4.98 Å². The quantitative estimate of drug-likeness (QED) is 0.863. The van der Waals surface area contributed by atoms with Crippen LogP contribution in [0, 0.1) is 0 Å². The number of hydrogen-bond donors (Lipinski definition) is 1. The summed E-state index contributed by atoms with van der Waals surface area (Å²) in [6.07, 6.45) is 7.19. The van der Waals surface area contributed by atoms with Crippen LogP contribution in [0.1, 0.15) is 24.9 Å². The largest absolute Gasteiger partial charge is 0.340 e. The molecule has 0 saturated carbocycles. The van der Waals surface area contributed by atoms with Gasteiger partial charge in [-0.1, -0.05) is 12.1 Å². The van der Waals surface area contributed by atoms with Crippen molar-refractivity contribution in [2.75, 3.05) is 13.1 Å². The Kier molecular flexibility index (Phi) is 2.87. The predicted octanol–water partition coefficient (Wildman–Crippen LogP) is 0.760. The minimum absolute atomic E-state index is 0.186. The topological polar surface area (TPSA) is 68.8 Å². The van der Waals surface area contributed by atoms with E-state index in [1.54, 1.807) is 0 Å². The zero-order chi connectivity index (χ0) is 12.4. The molecule has 1 aliphatic heterocycles. The van der Waals surface area contributed by atoms with Crippen LogP contribution < -0.4 is 5.32 Å². The molecule has 1 fully saturated rings. The maximum absolute atomic E-state index is 5.02. The Hall–Kier alpha value is -1.69. The predicted molar refractivity (Wildman–Crippen MR) is 65.1 cm³/mol. The Morgan fingerprint density at radius 3 is 3.22 bits per heavy atom. The molecule has 0 aliphatic carbocycles. The van der Waals surface area contributed by atoms with Crippen molar-refractivity contribution < 1.29 is 4.52 Å². The van der Waals surface area contributed by atoms with Gasteiger partial charge in [-0.05, 0) is 13.0 Å². The zero-order valence-electron chi connectivity index (χ0n) is 10.5. The lowest BCUT2D eigenvalue weighted by molar-refractivity contribution is 0.367. The highest BCUT2D eigenvalue weighted by molar-refractivity contribution is 5.17. The molecule has 2 aromatic heterocycles. The molecule has 1 aliphatic rings. The van der Waals surface area contributed by atoms with Crippen molar-refractivity contribution in [3.8, 4) is 0 Å².